The number of nitrogens with one attached hydrogen (secondary N) is 1. The normalized spacial score (nSPS) is 20.2. The first-order valence-electron chi connectivity index (χ1n) is 5.81. The Labute approximate surface area is 91.3 Å². The van der Waals surface area contributed by atoms with E-state index in [-0.39, 0.29) is 0 Å². The van der Waals surface area contributed by atoms with E-state index in [9.17, 15) is 0 Å². The Bertz CT molecular complexity index is 328. The molecule has 1 aromatic rings. The van der Waals surface area contributed by atoms with Gasteiger partial charge in [0.1, 0.15) is 5.76 Å². The van der Waals surface area contributed by atoms with E-state index < -0.39 is 0 Å². The van der Waals surface area contributed by atoms with Gasteiger partial charge in [0.25, 0.3) is 0 Å². The van der Waals surface area contributed by atoms with Crippen molar-refractivity contribution in [1.82, 2.24) is 10.3 Å². The summed E-state index contributed by atoms with van der Waals surface area (Å²) in [7, 11) is 0. The molecule has 0 radical (unpaired) electrons. The zero-order valence-electron chi connectivity index (χ0n) is 9.84. The van der Waals surface area contributed by atoms with E-state index in [4.69, 9.17) is 4.42 Å². The summed E-state index contributed by atoms with van der Waals surface area (Å²) in [5.74, 6) is 1.78. The fourth-order valence-corrected chi connectivity index (χ4v) is 1.71. The van der Waals surface area contributed by atoms with Crippen LogP contribution in [0.25, 0.3) is 0 Å². The molecule has 1 aliphatic rings. The fraction of sp³-hybridized carbons (Fsp3) is 0.750. The summed E-state index contributed by atoms with van der Waals surface area (Å²) in [5, 5.41) is 3.48. The van der Waals surface area contributed by atoms with E-state index in [1.807, 2.05) is 6.20 Å². The molecule has 1 aromatic heterocycles. The molecule has 0 aromatic carbocycles. The molecule has 15 heavy (non-hydrogen) atoms. The molecule has 3 heteroatoms. The minimum atomic E-state index is 0.514. The molecule has 0 aliphatic heterocycles. The molecule has 1 atom stereocenters. The second-order valence-corrected chi connectivity index (χ2v) is 4.83. The van der Waals surface area contributed by atoms with Crippen molar-refractivity contribution in [3.8, 4) is 0 Å². The maximum Gasteiger partial charge on any atom is 0.208 e. The van der Waals surface area contributed by atoms with E-state index in [1.165, 1.54) is 12.8 Å². The van der Waals surface area contributed by atoms with Crippen LogP contribution in [0.3, 0.4) is 0 Å². The molecule has 1 fully saturated rings. The Morgan fingerprint density at radius 2 is 2.33 bits per heavy atom. The number of aryl methyl sites for hydroxylation is 1. The third-order valence-electron chi connectivity index (χ3n) is 3.59. The second-order valence-electron chi connectivity index (χ2n) is 4.83. The number of hydrogen-bond donors (Lipinski definition) is 1. The zero-order chi connectivity index (χ0) is 10.9. The lowest BCUT2D eigenvalue weighted by atomic mass is 10.0. The highest BCUT2D eigenvalue weighted by Gasteiger charge is 2.42. The van der Waals surface area contributed by atoms with E-state index in [0.717, 1.165) is 24.6 Å². The van der Waals surface area contributed by atoms with Crippen LogP contribution in [0.5, 0.6) is 0 Å². The SMILES string of the molecule is CCc1cnc(CNC(C)C2(C)CC2)o1. The average molecular weight is 208 g/mol. The summed E-state index contributed by atoms with van der Waals surface area (Å²) in [5.41, 5.74) is 0.514. The van der Waals surface area contributed by atoms with Gasteiger partial charge in [-0.1, -0.05) is 13.8 Å². The molecular weight excluding hydrogens is 188 g/mol. The van der Waals surface area contributed by atoms with Crippen molar-refractivity contribution in [2.75, 3.05) is 0 Å². The van der Waals surface area contributed by atoms with Crippen molar-refractivity contribution < 1.29 is 4.42 Å². The number of aromatic nitrogens is 1. The van der Waals surface area contributed by atoms with Crippen molar-refractivity contribution in [2.24, 2.45) is 5.41 Å². The lowest BCUT2D eigenvalue weighted by Gasteiger charge is -2.19. The highest BCUT2D eigenvalue weighted by Crippen LogP contribution is 2.47. The number of rotatable bonds is 5. The van der Waals surface area contributed by atoms with E-state index in [1.54, 1.807) is 0 Å². The minimum Gasteiger partial charge on any atom is -0.444 e. The summed E-state index contributed by atoms with van der Waals surface area (Å²) < 4.78 is 5.54. The maximum absolute atomic E-state index is 5.54. The third-order valence-corrected chi connectivity index (χ3v) is 3.59. The van der Waals surface area contributed by atoms with Crippen LogP contribution < -0.4 is 5.32 Å². The molecule has 1 N–H and O–H groups in total. The molecule has 0 amide bonds. The molecule has 1 saturated carbocycles. The lowest BCUT2D eigenvalue weighted by molar-refractivity contribution is 0.352. The number of nitrogens with zero attached hydrogens (tertiary/aromatic N) is 1. The van der Waals surface area contributed by atoms with Crippen molar-refractivity contribution in [3.05, 3.63) is 17.8 Å². The van der Waals surface area contributed by atoms with Gasteiger partial charge < -0.3 is 9.73 Å². The largest absolute Gasteiger partial charge is 0.444 e. The molecule has 84 valence electrons. The van der Waals surface area contributed by atoms with Crippen molar-refractivity contribution in [1.29, 1.82) is 0 Å². The van der Waals surface area contributed by atoms with E-state index in [0.29, 0.717) is 11.5 Å². The monoisotopic (exact) mass is 208 g/mol. The zero-order valence-corrected chi connectivity index (χ0v) is 9.84. The molecule has 1 aliphatic carbocycles. The van der Waals surface area contributed by atoms with Crippen LogP contribution in [-0.4, -0.2) is 11.0 Å². The van der Waals surface area contributed by atoms with Gasteiger partial charge in [-0.3, -0.25) is 0 Å². The van der Waals surface area contributed by atoms with Gasteiger partial charge in [0.15, 0.2) is 0 Å². The Kier molecular flexibility index (Phi) is 2.83. The summed E-state index contributed by atoms with van der Waals surface area (Å²) in [4.78, 5) is 4.23. The molecule has 0 bridgehead atoms. The lowest BCUT2D eigenvalue weighted by Crippen LogP contribution is -2.32. The van der Waals surface area contributed by atoms with Crippen LogP contribution in [0.15, 0.2) is 10.6 Å². The maximum atomic E-state index is 5.54. The summed E-state index contributed by atoms with van der Waals surface area (Å²) >= 11 is 0. The molecule has 1 heterocycles. The van der Waals surface area contributed by atoms with Crippen LogP contribution >= 0.6 is 0 Å². The Hall–Kier alpha value is -0.830. The van der Waals surface area contributed by atoms with Gasteiger partial charge in [0.05, 0.1) is 12.7 Å². The first-order valence-corrected chi connectivity index (χ1v) is 5.81. The Morgan fingerprint density at radius 1 is 1.60 bits per heavy atom. The van der Waals surface area contributed by atoms with Crippen molar-refractivity contribution in [3.63, 3.8) is 0 Å². The van der Waals surface area contributed by atoms with Crippen LogP contribution in [0.2, 0.25) is 0 Å². The van der Waals surface area contributed by atoms with Crippen LogP contribution in [0.4, 0.5) is 0 Å². The second kappa shape index (κ2) is 3.97. The van der Waals surface area contributed by atoms with Gasteiger partial charge in [-0.25, -0.2) is 4.98 Å². The summed E-state index contributed by atoms with van der Waals surface area (Å²) in [6, 6.07) is 0.550. The van der Waals surface area contributed by atoms with E-state index in [2.05, 4.69) is 31.1 Å². The highest BCUT2D eigenvalue weighted by molar-refractivity contribution is 4.98. The highest BCUT2D eigenvalue weighted by atomic mass is 16.4. The van der Waals surface area contributed by atoms with Crippen LogP contribution in [-0.2, 0) is 13.0 Å². The molecule has 3 nitrogen and oxygen atoms in total. The van der Waals surface area contributed by atoms with Crippen molar-refractivity contribution in [2.45, 2.75) is 52.6 Å². The molecular formula is C12H20N2O. The fourth-order valence-electron chi connectivity index (χ4n) is 1.71. The Morgan fingerprint density at radius 3 is 2.87 bits per heavy atom. The number of oxazole rings is 1. The predicted molar refractivity (Wildman–Crippen MR) is 59.5 cm³/mol. The van der Waals surface area contributed by atoms with E-state index >= 15 is 0 Å². The summed E-state index contributed by atoms with van der Waals surface area (Å²) in [6.45, 7) is 7.40. The quantitative estimate of drug-likeness (QED) is 0.808. The van der Waals surface area contributed by atoms with Crippen molar-refractivity contribution >= 4 is 0 Å². The minimum absolute atomic E-state index is 0.514. The van der Waals surface area contributed by atoms with Gasteiger partial charge in [-0.2, -0.15) is 0 Å². The molecule has 0 saturated heterocycles. The first-order chi connectivity index (χ1) is 7.14. The van der Waals surface area contributed by atoms with Gasteiger partial charge in [-0.15, -0.1) is 0 Å². The summed E-state index contributed by atoms with van der Waals surface area (Å²) in [6.07, 6.45) is 5.42. The standard InChI is InChI=1S/C12H20N2O/c1-4-10-7-14-11(15-10)8-13-9(2)12(3)5-6-12/h7,9,13H,4-6,8H2,1-3H3. The molecule has 2 rings (SSSR count). The topological polar surface area (TPSA) is 38.1 Å². The van der Waals surface area contributed by atoms with Crippen LogP contribution in [0.1, 0.15) is 45.3 Å². The van der Waals surface area contributed by atoms with Gasteiger partial charge in [0.2, 0.25) is 5.89 Å². The van der Waals surface area contributed by atoms with Gasteiger partial charge in [0, 0.05) is 12.5 Å². The third kappa shape index (κ3) is 2.40. The smallest absolute Gasteiger partial charge is 0.208 e. The average Bonchev–Trinajstić information content (AvgIpc) is 2.83. The number of hydrogen-bond acceptors (Lipinski definition) is 3. The van der Waals surface area contributed by atoms with Gasteiger partial charge in [-0.05, 0) is 25.2 Å². The molecule has 1 unspecified atom stereocenters. The van der Waals surface area contributed by atoms with Crippen LogP contribution in [0, 0.1) is 5.41 Å². The van der Waals surface area contributed by atoms with Gasteiger partial charge >= 0.3 is 0 Å². The molecule has 0 spiro atoms. The first kappa shape index (κ1) is 10.7. The Balaban J connectivity index is 1.82. The predicted octanol–water partition coefficient (Wildman–Crippen LogP) is 2.52.